The molecule has 0 bridgehead atoms. The summed E-state index contributed by atoms with van der Waals surface area (Å²) in [4.78, 5) is 37.1. The highest BCUT2D eigenvalue weighted by Gasteiger charge is 2.28. The standard InChI is InChI=1S/C48H50ClN7O8S/c49-36-9-7-34(8-10-36)40-5-2-6-45(63-31-33-3-1-4-33)42(40)30-54-19-21-55(22-20-54)37-11-13-41(46(26-37)64-38-25-35-15-18-50-47(35)52-29-38)48(57)53-65(60,61)39-12-14-43(44(27-39)56(58)59)51-28-32-16-23-62-24-17-32/h2,5-15,18,25-27,29,32-33,51H,1,3-4,16-17,19-24,28,30-31H2,(H,50,52)(H,53,57). The Hall–Kier alpha value is -6.20. The first-order chi connectivity index (χ1) is 31.6. The second-order valence-electron chi connectivity index (χ2n) is 16.8. The molecule has 4 heterocycles. The summed E-state index contributed by atoms with van der Waals surface area (Å²) in [7, 11) is -4.57. The number of piperazine rings is 1. The van der Waals surface area contributed by atoms with Gasteiger partial charge in [0.25, 0.3) is 21.6 Å². The average molecular weight is 920 g/mol. The highest BCUT2D eigenvalue weighted by atomic mass is 35.5. The number of fused-ring (bicyclic) bond motifs is 1. The van der Waals surface area contributed by atoms with Crippen molar-refractivity contribution in [3.05, 3.63) is 130 Å². The topological polar surface area (TPSA) is 181 Å². The van der Waals surface area contributed by atoms with E-state index < -0.39 is 31.4 Å². The first kappa shape index (κ1) is 44.0. The van der Waals surface area contributed by atoms with E-state index >= 15 is 0 Å². The van der Waals surface area contributed by atoms with E-state index in [9.17, 15) is 23.3 Å². The summed E-state index contributed by atoms with van der Waals surface area (Å²) in [6.45, 7) is 5.90. The van der Waals surface area contributed by atoms with E-state index in [1.807, 2.05) is 36.4 Å². The molecule has 3 fully saturated rings. The third kappa shape index (κ3) is 10.4. The van der Waals surface area contributed by atoms with E-state index in [4.69, 9.17) is 25.8 Å². The molecule has 3 N–H and O–H groups in total. The molecular weight excluding hydrogens is 870 g/mol. The van der Waals surface area contributed by atoms with Crippen LogP contribution in [0.25, 0.3) is 22.2 Å². The number of sulfonamides is 1. The summed E-state index contributed by atoms with van der Waals surface area (Å²) in [5.74, 6) is 1.23. The van der Waals surface area contributed by atoms with Crippen molar-refractivity contribution in [3.63, 3.8) is 0 Å². The minimum absolute atomic E-state index is 0.0531. The molecule has 0 unspecified atom stereocenters. The largest absolute Gasteiger partial charge is 0.493 e. The van der Waals surface area contributed by atoms with Gasteiger partial charge in [0.2, 0.25) is 0 Å². The fourth-order valence-electron chi connectivity index (χ4n) is 8.52. The van der Waals surface area contributed by atoms with Crippen LogP contribution >= 0.6 is 11.6 Å². The Labute approximate surface area is 382 Å². The van der Waals surface area contributed by atoms with Gasteiger partial charge in [0.05, 0.1) is 28.2 Å². The van der Waals surface area contributed by atoms with Crippen molar-refractivity contribution in [3.8, 4) is 28.4 Å². The zero-order valence-electron chi connectivity index (χ0n) is 35.7. The van der Waals surface area contributed by atoms with E-state index in [0.29, 0.717) is 68.3 Å². The van der Waals surface area contributed by atoms with Gasteiger partial charge in [-0.05, 0) is 103 Å². The molecule has 3 aliphatic rings. The number of aromatic nitrogens is 2. The predicted molar refractivity (Wildman–Crippen MR) is 250 cm³/mol. The number of H-pyrrole nitrogens is 1. The second kappa shape index (κ2) is 19.5. The van der Waals surface area contributed by atoms with Gasteiger partial charge < -0.3 is 29.4 Å². The van der Waals surface area contributed by atoms with Gasteiger partial charge in [-0.3, -0.25) is 19.8 Å². The lowest BCUT2D eigenvalue weighted by Crippen LogP contribution is -2.46. The van der Waals surface area contributed by atoms with E-state index in [1.54, 1.807) is 24.4 Å². The quantitative estimate of drug-likeness (QED) is 0.0620. The number of halogens is 1. The number of carbonyl (C=O) groups is 1. The van der Waals surface area contributed by atoms with Crippen LogP contribution in [-0.4, -0.2) is 86.7 Å². The number of hydrogen-bond donors (Lipinski definition) is 3. The lowest BCUT2D eigenvalue weighted by Gasteiger charge is -2.37. The summed E-state index contributed by atoms with van der Waals surface area (Å²) in [6.07, 6.45) is 8.55. The normalized spacial score (nSPS) is 16.2. The molecule has 6 aromatic rings. The molecule has 1 saturated carbocycles. The van der Waals surface area contributed by atoms with Gasteiger partial charge in [0.1, 0.15) is 28.6 Å². The number of ether oxygens (including phenoxy) is 3. The van der Waals surface area contributed by atoms with E-state index in [1.165, 1.54) is 43.7 Å². The first-order valence-corrected chi connectivity index (χ1v) is 23.8. The number of aromatic amines is 1. The van der Waals surface area contributed by atoms with Gasteiger partial charge in [0, 0.05) is 92.5 Å². The van der Waals surface area contributed by atoms with Crippen LogP contribution in [0.3, 0.4) is 0 Å². The van der Waals surface area contributed by atoms with Crippen LogP contribution in [0.1, 0.15) is 48.0 Å². The molecule has 17 heteroatoms. The number of nitrogens with zero attached hydrogens (tertiary/aromatic N) is 4. The van der Waals surface area contributed by atoms with E-state index in [0.717, 1.165) is 65.5 Å². The van der Waals surface area contributed by atoms with Crippen LogP contribution in [0.4, 0.5) is 17.1 Å². The lowest BCUT2D eigenvalue weighted by atomic mass is 9.86. The monoisotopic (exact) mass is 919 g/mol. The number of nitrogens with one attached hydrogen (secondary N) is 3. The summed E-state index contributed by atoms with van der Waals surface area (Å²) in [6, 6.07) is 26.3. The minimum Gasteiger partial charge on any atom is -0.493 e. The molecule has 9 rings (SSSR count). The van der Waals surface area contributed by atoms with Crippen molar-refractivity contribution in [1.29, 1.82) is 0 Å². The molecule has 1 aliphatic carbocycles. The third-order valence-electron chi connectivity index (χ3n) is 12.5. The van der Waals surface area contributed by atoms with Gasteiger partial charge >= 0.3 is 0 Å². The number of pyridine rings is 1. The molecule has 0 spiro atoms. The number of carbonyl (C=O) groups excluding carboxylic acids is 1. The number of anilines is 2. The van der Waals surface area contributed by atoms with Crippen molar-refractivity contribution >= 4 is 55.6 Å². The molecule has 2 saturated heterocycles. The van der Waals surface area contributed by atoms with Crippen LogP contribution < -0.4 is 24.4 Å². The molecule has 2 aliphatic heterocycles. The Morgan fingerprint density at radius 3 is 2.48 bits per heavy atom. The lowest BCUT2D eigenvalue weighted by molar-refractivity contribution is -0.384. The van der Waals surface area contributed by atoms with E-state index in [2.05, 4.69) is 41.9 Å². The van der Waals surface area contributed by atoms with Gasteiger partial charge in [-0.25, -0.2) is 18.1 Å². The van der Waals surface area contributed by atoms with Crippen molar-refractivity contribution in [2.75, 3.05) is 62.8 Å². The number of nitro groups is 1. The van der Waals surface area contributed by atoms with Crippen LogP contribution in [0.2, 0.25) is 5.02 Å². The predicted octanol–water partition coefficient (Wildman–Crippen LogP) is 9.04. The number of nitro benzene ring substituents is 1. The smallest absolute Gasteiger partial charge is 0.293 e. The van der Waals surface area contributed by atoms with Crippen molar-refractivity contribution in [1.82, 2.24) is 19.6 Å². The molecule has 65 heavy (non-hydrogen) atoms. The maximum absolute atomic E-state index is 14.0. The fourth-order valence-corrected chi connectivity index (χ4v) is 9.63. The van der Waals surface area contributed by atoms with Crippen molar-refractivity contribution in [2.45, 2.75) is 43.5 Å². The zero-order chi connectivity index (χ0) is 44.9. The molecule has 4 aromatic carbocycles. The number of benzene rings is 4. The Balaban J connectivity index is 0.933. The molecule has 2 aromatic heterocycles. The zero-order valence-corrected chi connectivity index (χ0v) is 37.3. The maximum Gasteiger partial charge on any atom is 0.293 e. The Bertz CT molecular complexity index is 2790. The fraction of sp³-hybridized carbons (Fsp3) is 0.333. The van der Waals surface area contributed by atoms with Gasteiger partial charge in [-0.2, -0.15) is 0 Å². The Kier molecular flexibility index (Phi) is 13.2. The Morgan fingerprint density at radius 1 is 0.923 bits per heavy atom. The van der Waals surface area contributed by atoms with Crippen molar-refractivity contribution in [2.24, 2.45) is 11.8 Å². The minimum atomic E-state index is -4.57. The van der Waals surface area contributed by atoms with Crippen LogP contribution in [0.15, 0.2) is 108 Å². The third-order valence-corrected chi connectivity index (χ3v) is 14.1. The van der Waals surface area contributed by atoms with Crippen LogP contribution in [0.5, 0.6) is 17.2 Å². The van der Waals surface area contributed by atoms with Crippen LogP contribution in [-0.2, 0) is 21.3 Å². The summed E-state index contributed by atoms with van der Waals surface area (Å²) in [5.41, 5.74) is 4.45. The van der Waals surface area contributed by atoms with Gasteiger partial charge in [0.15, 0.2) is 0 Å². The number of rotatable bonds is 16. The summed E-state index contributed by atoms with van der Waals surface area (Å²) in [5, 5.41) is 16.7. The van der Waals surface area contributed by atoms with Crippen molar-refractivity contribution < 1.29 is 32.3 Å². The highest BCUT2D eigenvalue weighted by molar-refractivity contribution is 7.90. The van der Waals surface area contributed by atoms with Gasteiger partial charge in [-0.15, -0.1) is 0 Å². The summed E-state index contributed by atoms with van der Waals surface area (Å²) >= 11 is 6.26. The van der Waals surface area contributed by atoms with Gasteiger partial charge in [-0.1, -0.05) is 42.3 Å². The molecule has 15 nitrogen and oxygen atoms in total. The molecule has 0 atom stereocenters. The second-order valence-corrected chi connectivity index (χ2v) is 19.0. The van der Waals surface area contributed by atoms with E-state index in [-0.39, 0.29) is 22.9 Å². The molecule has 338 valence electrons. The molecular formula is C48H50ClN7O8S. The first-order valence-electron chi connectivity index (χ1n) is 22.0. The number of amides is 1. The maximum atomic E-state index is 14.0. The Morgan fingerprint density at radius 2 is 1.72 bits per heavy atom. The summed E-state index contributed by atoms with van der Waals surface area (Å²) < 4.78 is 47.8. The molecule has 1 amide bonds. The average Bonchev–Trinajstić information content (AvgIpc) is 3.77. The highest BCUT2D eigenvalue weighted by Crippen LogP contribution is 2.37. The van der Waals surface area contributed by atoms with Crippen LogP contribution in [0, 0.1) is 22.0 Å². The number of hydrogen-bond acceptors (Lipinski definition) is 12. The molecule has 0 radical (unpaired) electrons. The SMILES string of the molecule is O=C(NS(=O)(=O)c1ccc(NCC2CCOCC2)c([N+](=O)[O-])c1)c1ccc(N2CCN(Cc3c(OCC4CCC4)cccc3-c3ccc(Cl)cc3)CC2)cc1Oc1cnc2[nH]ccc2c1.